The maximum atomic E-state index is 11.8. The summed E-state index contributed by atoms with van der Waals surface area (Å²) in [4.78, 5) is 11.8. The molecule has 98 valence electrons. The number of aliphatic hydroxyl groups excluding tert-OH is 2. The average Bonchev–Trinajstić information content (AvgIpc) is 3.16. The third-order valence-corrected chi connectivity index (χ3v) is 3.47. The van der Waals surface area contributed by atoms with Crippen molar-refractivity contribution in [2.24, 2.45) is 5.92 Å². The molecule has 0 bridgehead atoms. The van der Waals surface area contributed by atoms with E-state index in [1.54, 1.807) is 6.07 Å². The fourth-order valence-electron chi connectivity index (χ4n) is 1.89. The Morgan fingerprint density at radius 2 is 1.94 bits per heavy atom. The Labute approximate surface area is 107 Å². The zero-order valence-corrected chi connectivity index (χ0v) is 10.7. The van der Waals surface area contributed by atoms with E-state index in [1.165, 1.54) is 0 Å². The van der Waals surface area contributed by atoms with E-state index in [0.717, 1.165) is 24.0 Å². The lowest BCUT2D eigenvalue weighted by Gasteiger charge is -2.17. The molecule has 2 atom stereocenters. The topological polar surface area (TPSA) is 69.6 Å². The third-order valence-electron chi connectivity index (χ3n) is 3.47. The molecule has 3 N–H and O–H groups in total. The first-order chi connectivity index (χ1) is 8.49. The summed E-state index contributed by atoms with van der Waals surface area (Å²) in [6.07, 6.45) is -0.528. The van der Waals surface area contributed by atoms with Gasteiger partial charge in [-0.15, -0.1) is 0 Å². The van der Waals surface area contributed by atoms with Crippen LogP contribution in [0.4, 0.5) is 5.69 Å². The van der Waals surface area contributed by atoms with E-state index < -0.39 is 18.1 Å². The van der Waals surface area contributed by atoms with Gasteiger partial charge in [0.1, 0.15) is 0 Å². The lowest BCUT2D eigenvalue weighted by molar-refractivity contribution is -0.130. The van der Waals surface area contributed by atoms with Crippen LogP contribution in [0, 0.1) is 19.8 Å². The summed E-state index contributed by atoms with van der Waals surface area (Å²) >= 11 is 0. The molecule has 2 unspecified atom stereocenters. The number of rotatable bonds is 4. The SMILES string of the molecule is Cc1ccc(NC(=O)C(O)C(O)C2CC2)cc1C. The molecular weight excluding hydrogens is 230 g/mol. The minimum atomic E-state index is -1.35. The predicted octanol–water partition coefficient (Wildman–Crippen LogP) is 1.37. The van der Waals surface area contributed by atoms with Gasteiger partial charge in [0.25, 0.3) is 5.91 Å². The molecule has 0 spiro atoms. The Morgan fingerprint density at radius 3 is 2.50 bits per heavy atom. The number of benzene rings is 1. The van der Waals surface area contributed by atoms with Crippen molar-refractivity contribution in [3.05, 3.63) is 29.3 Å². The van der Waals surface area contributed by atoms with Crippen LogP contribution in [-0.2, 0) is 4.79 Å². The van der Waals surface area contributed by atoms with Crippen molar-refractivity contribution in [3.8, 4) is 0 Å². The average molecular weight is 249 g/mol. The predicted molar refractivity (Wildman–Crippen MR) is 69.3 cm³/mol. The molecule has 1 saturated carbocycles. The number of aryl methyl sites for hydroxylation is 2. The molecule has 1 aromatic rings. The van der Waals surface area contributed by atoms with Crippen LogP contribution in [0.15, 0.2) is 18.2 Å². The second kappa shape index (κ2) is 5.08. The van der Waals surface area contributed by atoms with Crippen molar-refractivity contribution in [2.75, 3.05) is 5.32 Å². The van der Waals surface area contributed by atoms with Gasteiger partial charge in [-0.3, -0.25) is 4.79 Å². The smallest absolute Gasteiger partial charge is 0.255 e. The first-order valence-corrected chi connectivity index (χ1v) is 6.23. The summed E-state index contributed by atoms with van der Waals surface area (Å²) in [5.74, 6) is -0.469. The van der Waals surface area contributed by atoms with E-state index >= 15 is 0 Å². The number of hydrogen-bond donors (Lipinski definition) is 3. The van der Waals surface area contributed by atoms with Crippen LogP contribution in [0.5, 0.6) is 0 Å². The van der Waals surface area contributed by atoms with Crippen molar-refractivity contribution in [2.45, 2.75) is 38.9 Å². The highest BCUT2D eigenvalue weighted by molar-refractivity contribution is 5.94. The Kier molecular flexibility index (Phi) is 3.68. The van der Waals surface area contributed by atoms with Gasteiger partial charge in [0.05, 0.1) is 6.10 Å². The van der Waals surface area contributed by atoms with Gasteiger partial charge >= 0.3 is 0 Å². The molecule has 4 nitrogen and oxygen atoms in total. The van der Waals surface area contributed by atoms with Crippen LogP contribution >= 0.6 is 0 Å². The fraction of sp³-hybridized carbons (Fsp3) is 0.500. The molecule has 2 rings (SSSR count). The highest BCUT2D eigenvalue weighted by Crippen LogP contribution is 2.34. The molecule has 1 aliphatic rings. The van der Waals surface area contributed by atoms with E-state index in [4.69, 9.17) is 0 Å². The fourth-order valence-corrected chi connectivity index (χ4v) is 1.89. The molecule has 0 heterocycles. The Hall–Kier alpha value is -1.39. The molecule has 0 radical (unpaired) electrons. The molecule has 0 saturated heterocycles. The van der Waals surface area contributed by atoms with E-state index in [0.29, 0.717) is 5.69 Å². The highest BCUT2D eigenvalue weighted by Gasteiger charge is 2.37. The van der Waals surface area contributed by atoms with Gasteiger partial charge in [-0.2, -0.15) is 0 Å². The number of carbonyl (C=O) groups is 1. The zero-order chi connectivity index (χ0) is 13.3. The van der Waals surface area contributed by atoms with Crippen molar-refractivity contribution in [1.29, 1.82) is 0 Å². The van der Waals surface area contributed by atoms with Crippen molar-refractivity contribution in [1.82, 2.24) is 0 Å². The van der Waals surface area contributed by atoms with Gasteiger partial charge in [-0.1, -0.05) is 6.07 Å². The molecule has 0 aromatic heterocycles. The summed E-state index contributed by atoms with van der Waals surface area (Å²) in [6, 6.07) is 5.55. The largest absolute Gasteiger partial charge is 0.390 e. The Bertz CT molecular complexity index is 454. The second-order valence-corrected chi connectivity index (χ2v) is 5.06. The maximum Gasteiger partial charge on any atom is 0.255 e. The standard InChI is InChI=1S/C14H19NO3/c1-8-3-6-11(7-9(8)2)15-14(18)13(17)12(16)10-4-5-10/h3,6-7,10,12-13,16-17H,4-5H2,1-2H3,(H,15,18). The summed E-state index contributed by atoms with van der Waals surface area (Å²) in [7, 11) is 0. The quantitative estimate of drug-likeness (QED) is 0.755. The molecule has 1 fully saturated rings. The van der Waals surface area contributed by atoms with Gasteiger partial charge in [-0.05, 0) is 55.9 Å². The van der Waals surface area contributed by atoms with E-state index in [1.807, 2.05) is 26.0 Å². The Morgan fingerprint density at radius 1 is 1.28 bits per heavy atom. The zero-order valence-electron chi connectivity index (χ0n) is 10.7. The van der Waals surface area contributed by atoms with E-state index in [9.17, 15) is 15.0 Å². The minimum Gasteiger partial charge on any atom is -0.390 e. The van der Waals surface area contributed by atoms with Crippen LogP contribution in [0.3, 0.4) is 0 Å². The summed E-state index contributed by atoms with van der Waals surface area (Å²) in [6.45, 7) is 3.95. The monoisotopic (exact) mass is 249 g/mol. The van der Waals surface area contributed by atoms with Gasteiger partial charge < -0.3 is 15.5 Å². The van der Waals surface area contributed by atoms with Crippen LogP contribution in [0.2, 0.25) is 0 Å². The second-order valence-electron chi connectivity index (χ2n) is 5.06. The molecule has 0 aliphatic heterocycles. The number of aliphatic hydroxyl groups is 2. The van der Waals surface area contributed by atoms with Crippen molar-refractivity contribution < 1.29 is 15.0 Å². The van der Waals surface area contributed by atoms with Crippen LogP contribution in [-0.4, -0.2) is 28.3 Å². The van der Waals surface area contributed by atoms with E-state index in [2.05, 4.69) is 5.32 Å². The summed E-state index contributed by atoms with van der Waals surface area (Å²) in [5.41, 5.74) is 2.86. The Balaban J connectivity index is 1.99. The minimum absolute atomic E-state index is 0.0745. The molecule has 1 aromatic carbocycles. The lowest BCUT2D eigenvalue weighted by Crippen LogP contribution is -2.39. The molecule has 4 heteroatoms. The number of hydrogen-bond acceptors (Lipinski definition) is 3. The molecule has 1 aliphatic carbocycles. The lowest BCUT2D eigenvalue weighted by atomic mass is 10.1. The van der Waals surface area contributed by atoms with Gasteiger partial charge in [0.15, 0.2) is 6.10 Å². The maximum absolute atomic E-state index is 11.8. The van der Waals surface area contributed by atoms with Crippen LogP contribution in [0.1, 0.15) is 24.0 Å². The van der Waals surface area contributed by atoms with Gasteiger partial charge in [-0.25, -0.2) is 0 Å². The highest BCUT2D eigenvalue weighted by atomic mass is 16.3. The molecule has 18 heavy (non-hydrogen) atoms. The number of carbonyl (C=O) groups excluding carboxylic acids is 1. The third kappa shape index (κ3) is 2.89. The number of nitrogens with one attached hydrogen (secondary N) is 1. The molecular formula is C14H19NO3. The van der Waals surface area contributed by atoms with Crippen molar-refractivity contribution >= 4 is 11.6 Å². The summed E-state index contributed by atoms with van der Waals surface area (Å²) in [5, 5.41) is 22.0. The first kappa shape index (κ1) is 13.1. The normalized spacial score (nSPS) is 18.2. The number of amides is 1. The van der Waals surface area contributed by atoms with Gasteiger partial charge in [0, 0.05) is 5.69 Å². The molecule has 1 amide bonds. The van der Waals surface area contributed by atoms with E-state index in [-0.39, 0.29) is 5.92 Å². The van der Waals surface area contributed by atoms with Gasteiger partial charge in [0.2, 0.25) is 0 Å². The van der Waals surface area contributed by atoms with Crippen molar-refractivity contribution in [3.63, 3.8) is 0 Å². The summed E-state index contributed by atoms with van der Waals surface area (Å²) < 4.78 is 0. The van der Waals surface area contributed by atoms with Crippen LogP contribution in [0.25, 0.3) is 0 Å². The van der Waals surface area contributed by atoms with Crippen LogP contribution < -0.4 is 5.32 Å². The number of anilines is 1. The first-order valence-electron chi connectivity index (χ1n) is 6.23.